The maximum Gasteiger partial charge on any atom is 0.0543 e. The summed E-state index contributed by atoms with van der Waals surface area (Å²) in [6.07, 6.45) is 17.2. The number of aliphatic hydroxyl groups excluding tert-OH is 1. The minimum atomic E-state index is -0.0404. The molecule has 0 amide bonds. The quantitative estimate of drug-likeness (QED) is 0.436. The molecule has 4 rings (SSSR count). The van der Waals surface area contributed by atoms with Gasteiger partial charge in [0.15, 0.2) is 0 Å². The highest BCUT2D eigenvalue weighted by atomic mass is 16.3. The molecule has 172 valence electrons. The predicted molar refractivity (Wildman–Crippen MR) is 128 cm³/mol. The Labute approximate surface area is 187 Å². The van der Waals surface area contributed by atoms with E-state index in [1.165, 1.54) is 57.8 Å². The van der Waals surface area contributed by atoms with Crippen molar-refractivity contribution in [2.45, 2.75) is 118 Å². The Kier molecular flexibility index (Phi) is 6.53. The number of hydrogen-bond donors (Lipinski definition) is 1. The molecule has 0 radical (unpaired) electrons. The van der Waals surface area contributed by atoms with Crippen molar-refractivity contribution in [2.24, 2.45) is 52.3 Å². The van der Waals surface area contributed by atoms with Crippen molar-refractivity contribution in [3.05, 3.63) is 11.6 Å². The molecule has 0 aliphatic heterocycles. The fourth-order valence-electron chi connectivity index (χ4n) is 9.15. The molecule has 1 heteroatoms. The fourth-order valence-corrected chi connectivity index (χ4v) is 9.15. The lowest BCUT2D eigenvalue weighted by Crippen LogP contribution is -2.49. The van der Waals surface area contributed by atoms with Gasteiger partial charge in [-0.2, -0.15) is 0 Å². The van der Waals surface area contributed by atoms with Crippen molar-refractivity contribution >= 4 is 0 Å². The van der Waals surface area contributed by atoms with Crippen molar-refractivity contribution in [1.29, 1.82) is 0 Å². The van der Waals surface area contributed by atoms with Gasteiger partial charge in [0, 0.05) is 0 Å². The highest BCUT2D eigenvalue weighted by Crippen LogP contribution is 2.67. The van der Waals surface area contributed by atoms with E-state index in [0.717, 1.165) is 54.3 Å². The van der Waals surface area contributed by atoms with Crippen LogP contribution in [0.3, 0.4) is 0 Å². The molecule has 0 aromatic carbocycles. The summed E-state index contributed by atoms with van der Waals surface area (Å²) in [6, 6.07) is 0. The zero-order valence-corrected chi connectivity index (χ0v) is 20.9. The van der Waals surface area contributed by atoms with Gasteiger partial charge in [0.2, 0.25) is 0 Å². The molecule has 3 fully saturated rings. The Bertz CT molecular complexity index is 634. The second-order valence-corrected chi connectivity index (χ2v) is 12.9. The molecule has 0 saturated heterocycles. The summed E-state index contributed by atoms with van der Waals surface area (Å²) in [5.41, 5.74) is 2.88. The molecule has 30 heavy (non-hydrogen) atoms. The summed E-state index contributed by atoms with van der Waals surface area (Å²) >= 11 is 0. The van der Waals surface area contributed by atoms with E-state index in [1.807, 2.05) is 5.57 Å². The first-order valence-electron chi connectivity index (χ1n) is 13.6. The van der Waals surface area contributed by atoms with E-state index in [4.69, 9.17) is 0 Å². The smallest absolute Gasteiger partial charge is 0.0543 e. The van der Waals surface area contributed by atoms with Crippen LogP contribution in [0.15, 0.2) is 11.6 Å². The first kappa shape index (κ1) is 22.9. The van der Waals surface area contributed by atoms with Crippen LogP contribution in [0, 0.1) is 52.3 Å². The standard InChI is InChI=1S/C29H50O/c1-7-21(19(2)3)9-8-20(4)25-12-13-26-24-11-10-22-18-23(30)14-16-28(22,5)27(24)15-17-29(25,26)6/h11,19-23,25-27,30H,7-10,12-18H2,1-6H3/t20-,21-,22?,23+,25-,26+,27+,28+,29-/m1/s1. The van der Waals surface area contributed by atoms with Crippen LogP contribution in [0.5, 0.6) is 0 Å². The minimum absolute atomic E-state index is 0.0404. The van der Waals surface area contributed by atoms with E-state index >= 15 is 0 Å². The summed E-state index contributed by atoms with van der Waals surface area (Å²) in [7, 11) is 0. The molecule has 3 saturated carbocycles. The van der Waals surface area contributed by atoms with Crippen molar-refractivity contribution in [3.8, 4) is 0 Å². The van der Waals surface area contributed by atoms with Crippen LogP contribution in [0.25, 0.3) is 0 Å². The monoisotopic (exact) mass is 414 g/mol. The van der Waals surface area contributed by atoms with Gasteiger partial charge in [-0.1, -0.05) is 66.0 Å². The van der Waals surface area contributed by atoms with E-state index in [9.17, 15) is 5.11 Å². The maximum atomic E-state index is 10.3. The van der Waals surface area contributed by atoms with Crippen LogP contribution in [-0.4, -0.2) is 11.2 Å². The van der Waals surface area contributed by atoms with Crippen LogP contribution in [0.4, 0.5) is 0 Å². The van der Waals surface area contributed by atoms with Crippen LogP contribution in [0.1, 0.15) is 112 Å². The molecule has 9 atom stereocenters. The van der Waals surface area contributed by atoms with Gasteiger partial charge in [-0.3, -0.25) is 0 Å². The second-order valence-electron chi connectivity index (χ2n) is 12.9. The van der Waals surface area contributed by atoms with Gasteiger partial charge < -0.3 is 5.11 Å². The van der Waals surface area contributed by atoms with Crippen molar-refractivity contribution in [2.75, 3.05) is 0 Å². The molecule has 0 aromatic heterocycles. The average Bonchev–Trinajstić information content (AvgIpc) is 3.06. The van der Waals surface area contributed by atoms with Crippen LogP contribution >= 0.6 is 0 Å². The third kappa shape index (κ3) is 3.74. The van der Waals surface area contributed by atoms with Gasteiger partial charge in [0.1, 0.15) is 0 Å². The maximum absolute atomic E-state index is 10.3. The van der Waals surface area contributed by atoms with Gasteiger partial charge in [-0.15, -0.1) is 0 Å². The SMILES string of the molecule is CC[C@H](CC[C@@H](C)[C@H]1CC[C@H]2C3=CCC4C[C@@H](O)CC[C@]4(C)[C@H]3CC[C@]12C)C(C)C. The van der Waals surface area contributed by atoms with Gasteiger partial charge in [-0.25, -0.2) is 0 Å². The van der Waals surface area contributed by atoms with Gasteiger partial charge in [0.05, 0.1) is 6.10 Å². The molecule has 4 aliphatic carbocycles. The molecule has 1 unspecified atom stereocenters. The first-order valence-corrected chi connectivity index (χ1v) is 13.6. The Balaban J connectivity index is 1.48. The van der Waals surface area contributed by atoms with Crippen LogP contribution in [-0.2, 0) is 0 Å². The summed E-state index contributed by atoms with van der Waals surface area (Å²) in [5, 5.41) is 10.3. The molecule has 0 heterocycles. The van der Waals surface area contributed by atoms with Crippen LogP contribution < -0.4 is 0 Å². The highest BCUT2D eigenvalue weighted by Gasteiger charge is 2.58. The average molecular weight is 415 g/mol. The largest absolute Gasteiger partial charge is 0.393 e. The lowest BCUT2D eigenvalue weighted by molar-refractivity contribution is -0.0428. The second kappa shape index (κ2) is 8.57. The molecule has 0 bridgehead atoms. The van der Waals surface area contributed by atoms with Crippen molar-refractivity contribution in [1.82, 2.24) is 0 Å². The van der Waals surface area contributed by atoms with E-state index in [-0.39, 0.29) is 6.10 Å². The zero-order chi connectivity index (χ0) is 21.7. The summed E-state index contributed by atoms with van der Waals surface area (Å²) < 4.78 is 0. The third-order valence-corrected chi connectivity index (χ3v) is 11.3. The molecule has 0 spiro atoms. The molecule has 0 aromatic rings. The molecular weight excluding hydrogens is 364 g/mol. The number of aliphatic hydroxyl groups is 1. The fraction of sp³-hybridized carbons (Fsp3) is 0.931. The lowest BCUT2D eigenvalue weighted by Gasteiger charge is -2.57. The Hall–Kier alpha value is -0.300. The topological polar surface area (TPSA) is 20.2 Å². The van der Waals surface area contributed by atoms with Gasteiger partial charge >= 0.3 is 0 Å². The summed E-state index contributed by atoms with van der Waals surface area (Å²) in [5.74, 6) is 5.92. The summed E-state index contributed by atoms with van der Waals surface area (Å²) in [4.78, 5) is 0. The number of allylic oxidation sites excluding steroid dienone is 2. The molecule has 4 aliphatic rings. The zero-order valence-electron chi connectivity index (χ0n) is 20.9. The van der Waals surface area contributed by atoms with Gasteiger partial charge in [-0.05, 0) is 110 Å². The molecule has 1 nitrogen and oxygen atoms in total. The minimum Gasteiger partial charge on any atom is -0.393 e. The van der Waals surface area contributed by atoms with Crippen molar-refractivity contribution < 1.29 is 5.11 Å². The number of rotatable bonds is 6. The first-order chi connectivity index (χ1) is 14.2. The van der Waals surface area contributed by atoms with Crippen molar-refractivity contribution in [3.63, 3.8) is 0 Å². The highest BCUT2D eigenvalue weighted by molar-refractivity contribution is 5.27. The van der Waals surface area contributed by atoms with Gasteiger partial charge in [0.25, 0.3) is 0 Å². The Morgan fingerprint density at radius 3 is 2.37 bits per heavy atom. The number of fused-ring (bicyclic) bond motifs is 5. The van der Waals surface area contributed by atoms with Crippen LogP contribution in [0.2, 0.25) is 0 Å². The normalized spacial score (nSPS) is 45.3. The van der Waals surface area contributed by atoms with E-state index in [1.54, 1.807) is 0 Å². The third-order valence-electron chi connectivity index (χ3n) is 11.3. The molecule has 1 N–H and O–H groups in total. The lowest BCUT2D eigenvalue weighted by atomic mass is 9.47. The Morgan fingerprint density at radius 2 is 1.67 bits per heavy atom. The van der Waals surface area contributed by atoms with E-state index in [2.05, 4.69) is 47.6 Å². The van der Waals surface area contributed by atoms with E-state index in [0.29, 0.717) is 10.8 Å². The molecular formula is C29H50O. The Morgan fingerprint density at radius 1 is 0.967 bits per heavy atom. The summed E-state index contributed by atoms with van der Waals surface area (Å²) in [6.45, 7) is 15.1. The predicted octanol–water partition coefficient (Wildman–Crippen LogP) is 8.02. The van der Waals surface area contributed by atoms with E-state index < -0.39 is 0 Å². The number of hydrogen-bond acceptors (Lipinski definition) is 1.